The van der Waals surface area contributed by atoms with Crippen molar-refractivity contribution < 1.29 is 14.6 Å². The maximum absolute atomic E-state index is 11.0. The van der Waals surface area contributed by atoms with E-state index in [9.17, 15) is 9.90 Å². The van der Waals surface area contributed by atoms with Gasteiger partial charge in [-0.2, -0.15) is 0 Å². The van der Waals surface area contributed by atoms with Gasteiger partial charge in [-0.1, -0.05) is 61.7 Å². The van der Waals surface area contributed by atoms with Crippen LogP contribution in [0, 0.1) is 5.92 Å². The highest BCUT2D eigenvalue weighted by Crippen LogP contribution is 2.29. The molecule has 1 N–H and O–H groups in total. The molecular weight excluding hydrogens is 360 g/mol. The average Bonchev–Trinajstić information content (AvgIpc) is 3.11. The Kier molecular flexibility index (Phi) is 14.2. The molecule has 3 nitrogen and oxygen atoms in total. The Morgan fingerprint density at radius 3 is 2.52 bits per heavy atom. The summed E-state index contributed by atoms with van der Waals surface area (Å²) in [5.41, 5.74) is 1.45. The number of aliphatic hydroxyl groups excluding tert-OH is 1. The lowest BCUT2D eigenvalue weighted by atomic mass is 9.97. The van der Waals surface area contributed by atoms with E-state index < -0.39 is 0 Å². The molecule has 0 spiro atoms. The molecular formula is C26H42O3. The van der Waals surface area contributed by atoms with Gasteiger partial charge in [0.2, 0.25) is 0 Å². The molecule has 0 aromatic heterocycles. The molecule has 2 atom stereocenters. The number of hydrogen-bond acceptors (Lipinski definition) is 3. The summed E-state index contributed by atoms with van der Waals surface area (Å²) in [7, 11) is 0. The summed E-state index contributed by atoms with van der Waals surface area (Å²) < 4.78 is 4.97. The third kappa shape index (κ3) is 13.3. The van der Waals surface area contributed by atoms with E-state index in [1.807, 2.05) is 26.8 Å². The Bertz CT molecular complexity index is 550. The number of allylic oxidation sites excluding steroid dienone is 2. The molecule has 0 amide bonds. The predicted octanol–water partition coefficient (Wildman–Crippen LogP) is 6.63. The summed E-state index contributed by atoms with van der Waals surface area (Å²) in [5.74, 6) is 0.515. The molecule has 29 heavy (non-hydrogen) atoms. The largest absolute Gasteiger partial charge is 0.463 e. The van der Waals surface area contributed by atoms with Crippen LogP contribution in [-0.2, 0) is 16.0 Å². The normalized spacial score (nSPS) is 18.7. The van der Waals surface area contributed by atoms with E-state index in [1.165, 1.54) is 50.5 Å². The summed E-state index contributed by atoms with van der Waals surface area (Å²) in [6.45, 7) is 5.71. The van der Waals surface area contributed by atoms with Gasteiger partial charge in [-0.15, -0.1) is 0 Å². The van der Waals surface area contributed by atoms with E-state index in [1.54, 1.807) is 0 Å². The minimum Gasteiger partial charge on any atom is -0.463 e. The minimum atomic E-state index is -0.0884. The molecule has 0 radical (unpaired) electrons. The number of hydrogen-bond donors (Lipinski definition) is 1. The second-order valence-corrected chi connectivity index (χ2v) is 8.34. The van der Waals surface area contributed by atoms with Gasteiger partial charge in [-0.25, -0.2) is 0 Å². The van der Waals surface area contributed by atoms with Gasteiger partial charge in [-0.05, 0) is 77.2 Å². The van der Waals surface area contributed by atoms with Crippen LogP contribution in [0.1, 0.15) is 90.5 Å². The minimum absolute atomic E-state index is 0.00382. The highest BCUT2D eigenvalue weighted by molar-refractivity contribution is 5.69. The topological polar surface area (TPSA) is 46.5 Å². The van der Waals surface area contributed by atoms with Crippen molar-refractivity contribution in [2.45, 2.75) is 104 Å². The van der Waals surface area contributed by atoms with E-state index in [4.69, 9.17) is 4.74 Å². The quantitative estimate of drug-likeness (QED) is 0.256. The standard InChI is InChI=1S/C16H24O.C10H18O2/c17-16-13-7-12-15(16)11-6-2-5-10-14-8-3-1-4-9-14;1-4-5-6-7-8-10(11)12-9(2)3/h1,3-4,8-9,15-17H,2,5-7,10-13H2;4-5,9H,6-8H2,1-3H3/b;5-4-. The molecule has 1 aliphatic carbocycles. The van der Waals surface area contributed by atoms with Crippen LogP contribution in [0.5, 0.6) is 0 Å². The van der Waals surface area contributed by atoms with E-state index in [2.05, 4.69) is 36.4 Å². The summed E-state index contributed by atoms with van der Waals surface area (Å²) in [5, 5.41) is 9.72. The molecule has 1 saturated carbocycles. The lowest BCUT2D eigenvalue weighted by molar-refractivity contribution is -0.147. The molecule has 2 unspecified atom stereocenters. The van der Waals surface area contributed by atoms with Crippen molar-refractivity contribution in [3.05, 3.63) is 48.0 Å². The first-order valence-electron chi connectivity index (χ1n) is 11.6. The monoisotopic (exact) mass is 402 g/mol. The zero-order chi connectivity index (χ0) is 21.3. The van der Waals surface area contributed by atoms with Crippen molar-refractivity contribution in [1.82, 2.24) is 0 Å². The van der Waals surface area contributed by atoms with Crippen molar-refractivity contribution in [3.63, 3.8) is 0 Å². The number of rotatable bonds is 11. The van der Waals surface area contributed by atoms with Crippen LogP contribution in [0.25, 0.3) is 0 Å². The Labute approximate surface area is 178 Å². The smallest absolute Gasteiger partial charge is 0.306 e. The van der Waals surface area contributed by atoms with E-state index in [0.717, 1.165) is 19.3 Å². The molecule has 1 fully saturated rings. The zero-order valence-electron chi connectivity index (χ0n) is 18.8. The number of benzene rings is 1. The van der Waals surface area contributed by atoms with Crippen LogP contribution < -0.4 is 0 Å². The van der Waals surface area contributed by atoms with Gasteiger partial charge >= 0.3 is 5.97 Å². The number of carbonyl (C=O) groups excluding carboxylic acids is 1. The molecule has 1 aromatic rings. The highest BCUT2D eigenvalue weighted by Gasteiger charge is 2.24. The van der Waals surface area contributed by atoms with Crippen LogP contribution in [0.4, 0.5) is 0 Å². The average molecular weight is 403 g/mol. The van der Waals surface area contributed by atoms with Gasteiger partial charge in [0.1, 0.15) is 0 Å². The predicted molar refractivity (Wildman–Crippen MR) is 122 cm³/mol. The van der Waals surface area contributed by atoms with Crippen molar-refractivity contribution in [2.75, 3.05) is 0 Å². The molecule has 0 aliphatic heterocycles. The first-order chi connectivity index (χ1) is 14.0. The number of aryl methyl sites for hydroxylation is 1. The fourth-order valence-corrected chi connectivity index (χ4v) is 3.76. The molecule has 3 heteroatoms. The molecule has 1 aromatic carbocycles. The summed E-state index contributed by atoms with van der Waals surface area (Å²) in [4.78, 5) is 11.0. The molecule has 0 heterocycles. The zero-order valence-corrected chi connectivity index (χ0v) is 18.8. The lowest BCUT2D eigenvalue weighted by Gasteiger charge is -2.13. The number of carbonyl (C=O) groups is 1. The van der Waals surface area contributed by atoms with Gasteiger partial charge in [-0.3, -0.25) is 4.79 Å². The van der Waals surface area contributed by atoms with Crippen molar-refractivity contribution in [1.29, 1.82) is 0 Å². The van der Waals surface area contributed by atoms with E-state index >= 15 is 0 Å². The highest BCUT2D eigenvalue weighted by atomic mass is 16.5. The molecule has 0 saturated heterocycles. The van der Waals surface area contributed by atoms with E-state index in [0.29, 0.717) is 12.3 Å². The number of unbranched alkanes of at least 4 members (excludes halogenated alkanes) is 3. The third-order valence-corrected chi connectivity index (χ3v) is 5.36. The Morgan fingerprint density at radius 2 is 1.90 bits per heavy atom. The van der Waals surface area contributed by atoms with Crippen molar-refractivity contribution in [3.8, 4) is 0 Å². The van der Waals surface area contributed by atoms with Gasteiger partial charge in [0.15, 0.2) is 0 Å². The van der Waals surface area contributed by atoms with Gasteiger partial charge in [0.25, 0.3) is 0 Å². The van der Waals surface area contributed by atoms with Crippen LogP contribution in [-0.4, -0.2) is 23.3 Å². The molecule has 1 aliphatic rings. The Balaban J connectivity index is 0.000000311. The molecule has 2 rings (SSSR count). The summed E-state index contributed by atoms with van der Waals surface area (Å²) >= 11 is 0. The van der Waals surface area contributed by atoms with Crippen molar-refractivity contribution >= 4 is 5.97 Å². The first-order valence-corrected chi connectivity index (χ1v) is 11.6. The summed E-state index contributed by atoms with van der Waals surface area (Å²) in [6.07, 6.45) is 16.3. The fourth-order valence-electron chi connectivity index (χ4n) is 3.76. The van der Waals surface area contributed by atoms with Crippen LogP contribution in [0.15, 0.2) is 42.5 Å². The Hall–Kier alpha value is -1.61. The maximum atomic E-state index is 11.0. The second-order valence-electron chi connectivity index (χ2n) is 8.34. The van der Waals surface area contributed by atoms with Crippen LogP contribution in [0.2, 0.25) is 0 Å². The van der Waals surface area contributed by atoms with E-state index in [-0.39, 0.29) is 18.2 Å². The van der Waals surface area contributed by atoms with Gasteiger partial charge in [0, 0.05) is 6.42 Å². The van der Waals surface area contributed by atoms with Crippen LogP contribution >= 0.6 is 0 Å². The van der Waals surface area contributed by atoms with Crippen LogP contribution in [0.3, 0.4) is 0 Å². The molecule has 0 bridgehead atoms. The summed E-state index contributed by atoms with van der Waals surface area (Å²) in [6, 6.07) is 10.7. The van der Waals surface area contributed by atoms with Gasteiger partial charge in [0.05, 0.1) is 12.2 Å². The second kappa shape index (κ2) is 16.2. The number of esters is 1. The Morgan fingerprint density at radius 1 is 1.14 bits per heavy atom. The molecule has 164 valence electrons. The number of ether oxygens (including phenoxy) is 1. The third-order valence-electron chi connectivity index (χ3n) is 5.36. The lowest BCUT2D eigenvalue weighted by Crippen LogP contribution is -2.12. The number of aliphatic hydroxyl groups is 1. The SMILES string of the molecule is C/C=C\CCCC(=O)OC(C)C.OC1CCCC1CCCCCc1ccccc1. The first kappa shape index (κ1) is 25.4. The van der Waals surface area contributed by atoms with Gasteiger partial charge < -0.3 is 9.84 Å². The van der Waals surface area contributed by atoms with Crippen molar-refractivity contribution in [2.24, 2.45) is 5.92 Å². The fraction of sp³-hybridized carbons (Fsp3) is 0.654. The maximum Gasteiger partial charge on any atom is 0.306 e.